The molecule has 0 amide bonds. The predicted octanol–water partition coefficient (Wildman–Crippen LogP) is 0.829. The van der Waals surface area contributed by atoms with E-state index in [-0.39, 0.29) is 0 Å². The molecule has 0 spiro atoms. The van der Waals surface area contributed by atoms with Gasteiger partial charge in [-0.1, -0.05) is 0 Å². The maximum absolute atomic E-state index is 10.4. The predicted molar refractivity (Wildman–Crippen MR) is 73.5 cm³/mol. The molecule has 1 aromatic rings. The van der Waals surface area contributed by atoms with Crippen molar-refractivity contribution in [1.82, 2.24) is 0 Å². The first kappa shape index (κ1) is 13.0. The van der Waals surface area contributed by atoms with Gasteiger partial charge in [0.25, 0.3) is 0 Å². The summed E-state index contributed by atoms with van der Waals surface area (Å²) in [7, 11) is 1.94. The molecule has 1 saturated heterocycles. The molecule has 1 aromatic carbocycles. The van der Waals surface area contributed by atoms with Crippen LogP contribution in [0.2, 0.25) is 0 Å². The number of hydrogen-bond donors (Lipinski definition) is 3. The minimum absolute atomic E-state index is 0.568. The number of ether oxygens (including phenoxy) is 1. The van der Waals surface area contributed by atoms with Crippen molar-refractivity contribution in [1.29, 1.82) is 0 Å². The minimum Gasteiger partial charge on any atom is -0.397 e. The van der Waals surface area contributed by atoms with Crippen molar-refractivity contribution in [2.75, 3.05) is 43.2 Å². The molecule has 1 aliphatic heterocycles. The quantitative estimate of drug-likeness (QED) is 0.693. The number of likely N-dealkylation sites (N-methyl/N-ethyl adjacent to an activating group) is 1. The van der Waals surface area contributed by atoms with E-state index in [2.05, 4.69) is 0 Å². The molecule has 0 unspecified atom stereocenters. The van der Waals surface area contributed by atoms with Gasteiger partial charge in [0.1, 0.15) is 0 Å². The number of anilines is 3. The second-order valence-electron chi connectivity index (χ2n) is 5.01. The van der Waals surface area contributed by atoms with Crippen LogP contribution >= 0.6 is 0 Å². The molecule has 2 rings (SSSR count). The van der Waals surface area contributed by atoms with Crippen LogP contribution < -0.4 is 16.4 Å². The lowest BCUT2D eigenvalue weighted by atomic mass is 9.94. The average Bonchev–Trinajstić information content (AvgIpc) is 2.33. The summed E-state index contributed by atoms with van der Waals surface area (Å²) in [6.45, 7) is 1.81. The number of rotatable bonds is 3. The second-order valence-corrected chi connectivity index (χ2v) is 5.01. The van der Waals surface area contributed by atoms with E-state index in [0.29, 0.717) is 44.0 Å². The van der Waals surface area contributed by atoms with Crippen molar-refractivity contribution in [3.05, 3.63) is 18.2 Å². The third kappa shape index (κ3) is 2.86. The lowest BCUT2D eigenvalue weighted by Crippen LogP contribution is -2.45. The van der Waals surface area contributed by atoms with E-state index in [0.717, 1.165) is 5.69 Å². The number of nitrogens with two attached hydrogens (primary N) is 2. The van der Waals surface area contributed by atoms with Gasteiger partial charge in [0, 0.05) is 45.3 Å². The number of nitrogen functional groups attached to an aromatic ring is 2. The zero-order chi connectivity index (χ0) is 13.2. The number of nitrogens with zero attached hydrogens (tertiary/aromatic N) is 1. The number of benzene rings is 1. The first-order valence-corrected chi connectivity index (χ1v) is 6.16. The monoisotopic (exact) mass is 251 g/mol. The van der Waals surface area contributed by atoms with Gasteiger partial charge >= 0.3 is 0 Å². The Kier molecular flexibility index (Phi) is 3.63. The molecular formula is C13H21N3O2. The lowest BCUT2D eigenvalue weighted by molar-refractivity contribution is -0.0572. The van der Waals surface area contributed by atoms with E-state index < -0.39 is 5.60 Å². The normalized spacial score (nSPS) is 18.6. The summed E-state index contributed by atoms with van der Waals surface area (Å²) in [5, 5.41) is 10.4. The summed E-state index contributed by atoms with van der Waals surface area (Å²) in [6.07, 6.45) is 1.34. The zero-order valence-electron chi connectivity index (χ0n) is 10.7. The van der Waals surface area contributed by atoms with Crippen LogP contribution in [0.4, 0.5) is 17.1 Å². The summed E-state index contributed by atoms with van der Waals surface area (Å²) in [4.78, 5) is 2.00. The topological polar surface area (TPSA) is 84.7 Å². The largest absolute Gasteiger partial charge is 0.397 e. The molecule has 0 aromatic heterocycles. The van der Waals surface area contributed by atoms with Crippen molar-refractivity contribution in [2.45, 2.75) is 18.4 Å². The average molecular weight is 251 g/mol. The van der Waals surface area contributed by atoms with Crippen molar-refractivity contribution in [2.24, 2.45) is 0 Å². The molecule has 0 atom stereocenters. The van der Waals surface area contributed by atoms with Gasteiger partial charge in [-0.25, -0.2) is 0 Å². The molecule has 5 nitrogen and oxygen atoms in total. The highest BCUT2D eigenvalue weighted by atomic mass is 16.5. The van der Waals surface area contributed by atoms with E-state index in [1.54, 1.807) is 6.07 Å². The van der Waals surface area contributed by atoms with Gasteiger partial charge in [0.05, 0.1) is 17.0 Å². The summed E-state index contributed by atoms with van der Waals surface area (Å²) >= 11 is 0. The summed E-state index contributed by atoms with van der Waals surface area (Å²) in [5.41, 5.74) is 12.9. The molecule has 100 valence electrons. The fraction of sp³-hybridized carbons (Fsp3) is 0.538. The van der Waals surface area contributed by atoms with Crippen molar-refractivity contribution in [3.8, 4) is 0 Å². The highest BCUT2D eigenvalue weighted by Crippen LogP contribution is 2.26. The molecule has 0 saturated carbocycles. The van der Waals surface area contributed by atoms with Gasteiger partial charge in [-0.2, -0.15) is 0 Å². The molecule has 0 aliphatic carbocycles. The van der Waals surface area contributed by atoms with E-state index in [9.17, 15) is 5.11 Å². The first-order chi connectivity index (χ1) is 8.50. The van der Waals surface area contributed by atoms with Crippen LogP contribution in [0.5, 0.6) is 0 Å². The van der Waals surface area contributed by atoms with Gasteiger partial charge in [-0.3, -0.25) is 0 Å². The third-order valence-corrected chi connectivity index (χ3v) is 3.47. The Balaban J connectivity index is 2.06. The fourth-order valence-corrected chi connectivity index (χ4v) is 2.24. The Labute approximate surface area is 107 Å². The molecular weight excluding hydrogens is 230 g/mol. The maximum Gasteiger partial charge on any atom is 0.0865 e. The second kappa shape index (κ2) is 5.04. The Hall–Kier alpha value is -1.46. The Morgan fingerprint density at radius 1 is 1.28 bits per heavy atom. The van der Waals surface area contributed by atoms with Crippen LogP contribution in [0.15, 0.2) is 18.2 Å². The molecule has 0 bridgehead atoms. The summed E-state index contributed by atoms with van der Waals surface area (Å²) < 4.78 is 5.27. The maximum atomic E-state index is 10.4. The van der Waals surface area contributed by atoms with Crippen LogP contribution in [0.25, 0.3) is 0 Å². The SMILES string of the molecule is CN(CC1(O)CCOCC1)c1ccc(N)c(N)c1. The van der Waals surface area contributed by atoms with Crippen LogP contribution in [0.1, 0.15) is 12.8 Å². The highest BCUT2D eigenvalue weighted by molar-refractivity contribution is 5.69. The Morgan fingerprint density at radius 3 is 2.56 bits per heavy atom. The van der Waals surface area contributed by atoms with Crippen LogP contribution in [0, 0.1) is 0 Å². The first-order valence-electron chi connectivity index (χ1n) is 6.16. The van der Waals surface area contributed by atoms with Crippen molar-refractivity contribution < 1.29 is 9.84 Å². The van der Waals surface area contributed by atoms with Gasteiger partial charge in [-0.15, -0.1) is 0 Å². The van der Waals surface area contributed by atoms with Crippen LogP contribution in [-0.2, 0) is 4.74 Å². The van der Waals surface area contributed by atoms with Crippen molar-refractivity contribution >= 4 is 17.1 Å². The van der Waals surface area contributed by atoms with Crippen LogP contribution in [-0.4, -0.2) is 37.5 Å². The van der Waals surface area contributed by atoms with Gasteiger partial charge in [0.15, 0.2) is 0 Å². The van der Waals surface area contributed by atoms with Crippen LogP contribution in [0.3, 0.4) is 0 Å². The zero-order valence-corrected chi connectivity index (χ0v) is 10.7. The van der Waals surface area contributed by atoms with E-state index in [1.165, 1.54) is 0 Å². The number of aliphatic hydroxyl groups is 1. The molecule has 5 N–H and O–H groups in total. The van der Waals surface area contributed by atoms with Crippen molar-refractivity contribution in [3.63, 3.8) is 0 Å². The Morgan fingerprint density at radius 2 is 1.94 bits per heavy atom. The van der Waals surface area contributed by atoms with Gasteiger partial charge in [0.2, 0.25) is 0 Å². The lowest BCUT2D eigenvalue weighted by Gasteiger charge is -2.36. The summed E-state index contributed by atoms with van der Waals surface area (Å²) in [6, 6.07) is 5.53. The minimum atomic E-state index is -0.677. The molecule has 1 aliphatic rings. The molecule has 1 heterocycles. The molecule has 1 fully saturated rings. The standard InChI is InChI=1S/C13H21N3O2/c1-16(9-13(17)4-6-18-7-5-13)10-2-3-11(14)12(15)8-10/h2-3,8,17H,4-7,9,14-15H2,1H3. The fourth-order valence-electron chi connectivity index (χ4n) is 2.24. The summed E-state index contributed by atoms with van der Waals surface area (Å²) in [5.74, 6) is 0. The van der Waals surface area contributed by atoms with E-state index in [1.807, 2.05) is 24.1 Å². The van der Waals surface area contributed by atoms with E-state index >= 15 is 0 Å². The molecule has 18 heavy (non-hydrogen) atoms. The molecule has 5 heteroatoms. The smallest absolute Gasteiger partial charge is 0.0865 e. The molecule has 0 radical (unpaired) electrons. The number of hydrogen-bond acceptors (Lipinski definition) is 5. The van der Waals surface area contributed by atoms with E-state index in [4.69, 9.17) is 16.2 Å². The highest BCUT2D eigenvalue weighted by Gasteiger charge is 2.31. The van der Waals surface area contributed by atoms with Gasteiger partial charge in [-0.05, 0) is 18.2 Å². The Bertz CT molecular complexity index is 417. The van der Waals surface area contributed by atoms with Gasteiger partial charge < -0.3 is 26.2 Å². The third-order valence-electron chi connectivity index (χ3n) is 3.47.